The minimum atomic E-state index is -0.989. The first-order chi connectivity index (χ1) is 17.7. The molecule has 192 valence electrons. The Kier molecular flexibility index (Phi) is 7.73. The zero-order chi connectivity index (χ0) is 26.7. The number of nitrogens with two attached hydrogens (primary N) is 1. The van der Waals surface area contributed by atoms with Crippen molar-refractivity contribution in [3.63, 3.8) is 0 Å². The van der Waals surface area contributed by atoms with Crippen LogP contribution in [0.1, 0.15) is 36.2 Å². The molecule has 37 heavy (non-hydrogen) atoms. The summed E-state index contributed by atoms with van der Waals surface area (Å²) in [7, 11) is 1.62. The lowest BCUT2D eigenvalue weighted by molar-refractivity contribution is -0.156. The number of amides is 4. The highest BCUT2D eigenvalue weighted by Crippen LogP contribution is 2.33. The number of pyridine rings is 2. The maximum Gasteiger partial charge on any atom is 0.325 e. The van der Waals surface area contributed by atoms with E-state index in [0.29, 0.717) is 22.9 Å². The van der Waals surface area contributed by atoms with E-state index in [9.17, 15) is 14.4 Å². The molecule has 3 atom stereocenters. The summed E-state index contributed by atoms with van der Waals surface area (Å²) in [4.78, 5) is 51.0. The number of anilines is 2. The predicted octanol–water partition coefficient (Wildman–Crippen LogP) is 3.91. The number of imide groups is 1. The first-order valence-corrected chi connectivity index (χ1v) is 12.4. The average Bonchev–Trinajstić information content (AvgIpc) is 2.87. The van der Waals surface area contributed by atoms with Gasteiger partial charge in [-0.3, -0.25) is 19.5 Å². The van der Waals surface area contributed by atoms with E-state index in [1.54, 1.807) is 61.9 Å². The number of likely N-dealkylation sites (tertiary alicyclic amines) is 1. The number of hydrogen-bond donors (Lipinski definition) is 2. The van der Waals surface area contributed by atoms with E-state index in [1.807, 2.05) is 19.9 Å². The average molecular weight is 521 g/mol. The van der Waals surface area contributed by atoms with E-state index >= 15 is 0 Å². The van der Waals surface area contributed by atoms with Crippen LogP contribution < -0.4 is 16.0 Å². The topological polar surface area (TPSA) is 122 Å². The number of hydrogen-bond acceptors (Lipinski definition) is 6. The first kappa shape index (κ1) is 26.1. The Labute approximate surface area is 220 Å². The van der Waals surface area contributed by atoms with Crippen molar-refractivity contribution in [2.24, 2.45) is 5.92 Å². The van der Waals surface area contributed by atoms with Crippen molar-refractivity contribution in [2.75, 3.05) is 17.7 Å². The summed E-state index contributed by atoms with van der Waals surface area (Å²) in [6.07, 6.45) is 3.99. The van der Waals surface area contributed by atoms with Gasteiger partial charge in [-0.2, -0.15) is 0 Å². The lowest BCUT2D eigenvalue weighted by Crippen LogP contribution is -2.70. The van der Waals surface area contributed by atoms with Gasteiger partial charge in [0.25, 0.3) is 5.91 Å². The van der Waals surface area contributed by atoms with Gasteiger partial charge in [0.1, 0.15) is 11.9 Å². The number of carbonyl (C=O) groups excluding carboxylic acids is 3. The van der Waals surface area contributed by atoms with Crippen molar-refractivity contribution in [2.45, 2.75) is 38.8 Å². The van der Waals surface area contributed by atoms with Gasteiger partial charge in [0.2, 0.25) is 5.91 Å². The molecule has 4 amide bonds. The number of nitrogen functional groups attached to an aromatic ring is 1. The number of halogens is 1. The van der Waals surface area contributed by atoms with Gasteiger partial charge < -0.3 is 16.0 Å². The monoisotopic (exact) mass is 520 g/mol. The Bertz CT molecular complexity index is 1330. The molecule has 2 aromatic heterocycles. The Morgan fingerprint density at radius 2 is 1.92 bits per heavy atom. The van der Waals surface area contributed by atoms with E-state index < -0.39 is 23.9 Å². The Balaban J connectivity index is 1.61. The maximum absolute atomic E-state index is 13.7. The Morgan fingerprint density at radius 1 is 1.16 bits per heavy atom. The van der Waals surface area contributed by atoms with Crippen molar-refractivity contribution < 1.29 is 14.4 Å². The van der Waals surface area contributed by atoms with E-state index in [2.05, 4.69) is 15.3 Å². The quantitative estimate of drug-likeness (QED) is 0.455. The summed E-state index contributed by atoms with van der Waals surface area (Å²) >= 11 is 6.14. The van der Waals surface area contributed by atoms with Crippen molar-refractivity contribution in [3.05, 3.63) is 82.8 Å². The highest BCUT2D eigenvalue weighted by molar-refractivity contribution is 6.30. The molecule has 1 aliphatic heterocycles. The normalized spacial score (nSPS) is 17.6. The molecule has 3 N–H and O–H groups in total. The zero-order valence-corrected chi connectivity index (χ0v) is 21.6. The third-order valence-electron chi connectivity index (χ3n) is 6.54. The molecular formula is C27H29ClN6O3. The summed E-state index contributed by atoms with van der Waals surface area (Å²) in [5.41, 5.74) is 8.75. The molecule has 1 aliphatic rings. The van der Waals surface area contributed by atoms with Crippen molar-refractivity contribution in [3.8, 4) is 0 Å². The van der Waals surface area contributed by atoms with E-state index in [1.165, 1.54) is 4.90 Å². The van der Waals surface area contributed by atoms with Crippen molar-refractivity contribution in [1.29, 1.82) is 0 Å². The molecule has 4 rings (SSSR count). The number of nitrogens with zero attached hydrogens (tertiary/aromatic N) is 4. The highest BCUT2D eigenvalue weighted by atomic mass is 35.5. The molecule has 3 aromatic rings. The number of rotatable bonds is 7. The van der Waals surface area contributed by atoms with Crippen LogP contribution in [0.3, 0.4) is 0 Å². The minimum absolute atomic E-state index is 0.250. The number of aryl methyl sites for hydroxylation is 1. The molecule has 0 radical (unpaired) electrons. The summed E-state index contributed by atoms with van der Waals surface area (Å²) in [5.74, 6) is -1.20. The van der Waals surface area contributed by atoms with Gasteiger partial charge in [-0.25, -0.2) is 9.78 Å². The van der Waals surface area contributed by atoms with Crippen LogP contribution in [0.5, 0.6) is 0 Å². The van der Waals surface area contributed by atoms with Crippen molar-refractivity contribution in [1.82, 2.24) is 20.2 Å². The van der Waals surface area contributed by atoms with Crippen LogP contribution in [0.25, 0.3) is 0 Å². The fourth-order valence-electron chi connectivity index (χ4n) is 4.56. The van der Waals surface area contributed by atoms with Crippen LogP contribution in [0.15, 0.2) is 60.9 Å². The van der Waals surface area contributed by atoms with Crippen LogP contribution >= 0.6 is 11.6 Å². The molecular weight excluding hydrogens is 492 g/mol. The third kappa shape index (κ3) is 5.56. The summed E-state index contributed by atoms with van der Waals surface area (Å²) in [5, 5.41) is 3.45. The largest absolute Gasteiger partial charge is 0.384 e. The summed E-state index contributed by atoms with van der Waals surface area (Å²) in [6.45, 7) is 3.74. The molecule has 10 heteroatoms. The fourth-order valence-corrected chi connectivity index (χ4v) is 4.76. The Hall–Kier alpha value is -3.98. The second kappa shape index (κ2) is 11.0. The SMILES string of the molecule is CC[C@@H](NC(=O)N1C(=O)[C@H](Cc2ccnc(N)c2)[C@H]1C(=O)N(C)c1ccnc(C)c1)c1cccc(Cl)c1. The highest BCUT2D eigenvalue weighted by Gasteiger charge is 2.55. The van der Waals surface area contributed by atoms with Gasteiger partial charge in [-0.05, 0) is 67.3 Å². The van der Waals surface area contributed by atoms with E-state index in [0.717, 1.165) is 21.7 Å². The Morgan fingerprint density at radius 3 is 2.59 bits per heavy atom. The summed E-state index contributed by atoms with van der Waals surface area (Å²) in [6, 6.07) is 12.1. The number of likely N-dealkylation sites (N-methyl/N-ethyl adjacent to an activating group) is 1. The number of urea groups is 1. The van der Waals surface area contributed by atoms with Crippen LogP contribution in [-0.2, 0) is 16.0 Å². The van der Waals surface area contributed by atoms with Gasteiger partial charge >= 0.3 is 6.03 Å². The molecule has 0 bridgehead atoms. The smallest absolute Gasteiger partial charge is 0.325 e. The lowest BCUT2D eigenvalue weighted by Gasteiger charge is -2.46. The number of nitrogens with one attached hydrogen (secondary N) is 1. The second-order valence-corrected chi connectivity index (χ2v) is 9.51. The zero-order valence-electron chi connectivity index (χ0n) is 20.9. The minimum Gasteiger partial charge on any atom is -0.384 e. The lowest BCUT2D eigenvalue weighted by atomic mass is 9.81. The number of carbonyl (C=O) groups is 3. The third-order valence-corrected chi connectivity index (χ3v) is 6.78. The van der Waals surface area contributed by atoms with Crippen LogP contribution in [0, 0.1) is 12.8 Å². The molecule has 9 nitrogen and oxygen atoms in total. The molecule has 0 aliphatic carbocycles. The molecule has 0 unspecified atom stereocenters. The molecule has 0 spiro atoms. The van der Waals surface area contributed by atoms with Gasteiger partial charge in [0, 0.05) is 35.8 Å². The van der Waals surface area contributed by atoms with E-state index in [4.69, 9.17) is 17.3 Å². The number of β-lactam (4-membered cyclic amide) rings is 1. The summed E-state index contributed by atoms with van der Waals surface area (Å²) < 4.78 is 0. The molecule has 1 aromatic carbocycles. The molecule has 1 fully saturated rings. The maximum atomic E-state index is 13.7. The van der Waals surface area contributed by atoms with Crippen molar-refractivity contribution >= 4 is 41.0 Å². The van der Waals surface area contributed by atoms with Crippen LogP contribution in [0.4, 0.5) is 16.3 Å². The van der Waals surface area contributed by atoms with Gasteiger partial charge in [-0.1, -0.05) is 30.7 Å². The van der Waals surface area contributed by atoms with Crippen LogP contribution in [-0.4, -0.2) is 45.8 Å². The fraction of sp³-hybridized carbons (Fsp3) is 0.296. The van der Waals surface area contributed by atoms with Gasteiger partial charge in [0.15, 0.2) is 0 Å². The molecule has 3 heterocycles. The van der Waals surface area contributed by atoms with Gasteiger partial charge in [-0.15, -0.1) is 0 Å². The predicted molar refractivity (Wildman–Crippen MR) is 142 cm³/mol. The van der Waals surface area contributed by atoms with E-state index in [-0.39, 0.29) is 18.4 Å². The molecule has 1 saturated heterocycles. The number of aromatic nitrogens is 2. The van der Waals surface area contributed by atoms with Gasteiger partial charge in [0.05, 0.1) is 12.0 Å². The first-order valence-electron chi connectivity index (χ1n) is 12.0. The number of benzene rings is 1. The van der Waals surface area contributed by atoms with Crippen LogP contribution in [0.2, 0.25) is 5.02 Å². The molecule has 0 saturated carbocycles. The second-order valence-electron chi connectivity index (χ2n) is 9.07. The standard InChI is InChI=1S/C27H29ClN6O3/c1-4-22(18-6-5-7-19(28)15-18)32-27(37)34-24(26(36)33(3)20-9-11-30-16(2)12-20)21(25(34)35)13-17-8-10-31-23(29)14-17/h5-12,14-15,21-22,24H,4,13H2,1-3H3,(H2,29,31)(H,32,37)/t21-,22-,24+/m1/s1.